The van der Waals surface area contributed by atoms with Crippen molar-refractivity contribution in [2.24, 2.45) is 0 Å². The predicted octanol–water partition coefficient (Wildman–Crippen LogP) is 4.82. The lowest BCUT2D eigenvalue weighted by molar-refractivity contribution is 0.331. The molecule has 1 saturated heterocycles. The van der Waals surface area contributed by atoms with Gasteiger partial charge in [-0.3, -0.25) is 9.88 Å². The highest BCUT2D eigenvalue weighted by Crippen LogP contribution is 2.18. The summed E-state index contributed by atoms with van der Waals surface area (Å²) in [6.45, 7) is 3.70. The van der Waals surface area contributed by atoms with E-state index in [0.717, 1.165) is 23.0 Å². The van der Waals surface area contributed by atoms with Crippen molar-refractivity contribution >= 4 is 28.2 Å². The van der Waals surface area contributed by atoms with Crippen molar-refractivity contribution in [1.82, 2.24) is 9.88 Å². The number of hydrogen-bond acceptors (Lipinski definition) is 4. The number of nitrogens with zero attached hydrogens (tertiary/aromatic N) is 2. The van der Waals surface area contributed by atoms with Gasteiger partial charge >= 0.3 is 0 Å². The van der Waals surface area contributed by atoms with Crippen LogP contribution in [-0.4, -0.2) is 29.2 Å². The van der Waals surface area contributed by atoms with Gasteiger partial charge in [-0.1, -0.05) is 24.3 Å². The zero-order chi connectivity index (χ0) is 17.5. The summed E-state index contributed by atoms with van der Waals surface area (Å²) in [5.41, 5.74) is 7.99. The molecule has 0 spiro atoms. The average molecular weight is 352 g/mol. The molecule has 130 valence electrons. The Hall–Kier alpha value is -2.04. The van der Waals surface area contributed by atoms with Gasteiger partial charge in [-0.2, -0.15) is 0 Å². The number of thioether (sulfide) groups is 1. The van der Waals surface area contributed by atoms with Crippen LogP contribution in [0.5, 0.6) is 0 Å². The van der Waals surface area contributed by atoms with Gasteiger partial charge in [0.15, 0.2) is 0 Å². The maximum atomic E-state index is 5.73. The number of anilines is 1. The summed E-state index contributed by atoms with van der Waals surface area (Å²) in [5.74, 6) is 0. The van der Waals surface area contributed by atoms with E-state index in [0.29, 0.717) is 0 Å². The summed E-state index contributed by atoms with van der Waals surface area (Å²) in [4.78, 5) is 7.89. The minimum atomic E-state index is 0.810. The van der Waals surface area contributed by atoms with Crippen LogP contribution in [0.1, 0.15) is 18.4 Å². The fraction of sp³-hybridized carbons (Fsp3) is 0.286. The van der Waals surface area contributed by atoms with E-state index in [2.05, 4.69) is 40.4 Å². The van der Waals surface area contributed by atoms with Gasteiger partial charge in [0.1, 0.15) is 0 Å². The highest BCUT2D eigenvalue weighted by Gasteiger charge is 2.11. The number of hydrogen-bond donors (Lipinski definition) is 1. The van der Waals surface area contributed by atoms with Crippen molar-refractivity contribution in [2.75, 3.05) is 25.1 Å². The van der Waals surface area contributed by atoms with Crippen molar-refractivity contribution < 1.29 is 0 Å². The first-order valence-electron chi connectivity index (χ1n) is 8.70. The zero-order valence-electron chi connectivity index (χ0n) is 14.7. The third kappa shape index (κ3) is 4.97. The maximum absolute atomic E-state index is 5.73. The van der Waals surface area contributed by atoms with E-state index in [-0.39, 0.29) is 0 Å². The van der Waals surface area contributed by atoms with E-state index in [1.54, 1.807) is 18.0 Å². The fourth-order valence-electron chi connectivity index (χ4n) is 3.08. The maximum Gasteiger partial charge on any atom is 0.0394 e. The van der Waals surface area contributed by atoms with Gasteiger partial charge in [-0.25, -0.2) is 0 Å². The van der Waals surface area contributed by atoms with Gasteiger partial charge in [0.2, 0.25) is 0 Å². The van der Waals surface area contributed by atoms with Crippen molar-refractivity contribution in [3.05, 3.63) is 66.5 Å². The summed E-state index contributed by atoms with van der Waals surface area (Å²) < 4.78 is 0. The van der Waals surface area contributed by atoms with Crippen molar-refractivity contribution in [3.63, 3.8) is 0 Å². The molecule has 1 aliphatic rings. The van der Waals surface area contributed by atoms with Crippen LogP contribution in [0.3, 0.4) is 0 Å². The molecule has 2 heterocycles. The molecule has 3 aromatic rings. The lowest BCUT2D eigenvalue weighted by atomic mass is 10.1. The van der Waals surface area contributed by atoms with Gasteiger partial charge in [0.25, 0.3) is 0 Å². The normalized spacial score (nSPS) is 14.3. The third-order valence-electron chi connectivity index (χ3n) is 4.48. The van der Waals surface area contributed by atoms with E-state index in [9.17, 15) is 0 Å². The van der Waals surface area contributed by atoms with E-state index in [1.807, 2.05) is 30.5 Å². The van der Waals surface area contributed by atoms with E-state index >= 15 is 0 Å². The molecule has 0 unspecified atom stereocenters. The van der Waals surface area contributed by atoms with E-state index in [4.69, 9.17) is 5.73 Å². The first-order valence-corrected chi connectivity index (χ1v) is 9.92. The summed E-state index contributed by atoms with van der Waals surface area (Å²) >= 11 is 1.81. The molecule has 1 aliphatic heterocycles. The Balaban J connectivity index is 0.000000150. The van der Waals surface area contributed by atoms with Crippen LogP contribution in [-0.2, 0) is 6.54 Å². The molecule has 0 aliphatic carbocycles. The molecule has 1 aromatic heterocycles. The molecule has 4 heteroatoms. The van der Waals surface area contributed by atoms with E-state index < -0.39 is 0 Å². The topological polar surface area (TPSA) is 42.1 Å². The number of rotatable bonds is 3. The fourth-order valence-corrected chi connectivity index (χ4v) is 3.49. The Morgan fingerprint density at radius 3 is 2.48 bits per heavy atom. The Kier molecular flexibility index (Phi) is 6.31. The Morgan fingerprint density at radius 1 is 1.04 bits per heavy atom. The van der Waals surface area contributed by atoms with Gasteiger partial charge in [-0.05, 0) is 62.0 Å². The second-order valence-corrected chi connectivity index (χ2v) is 7.16. The Bertz CT molecular complexity index is 790. The number of benzene rings is 2. The summed E-state index contributed by atoms with van der Waals surface area (Å²) in [5, 5.41) is 2.16. The molecular weight excluding hydrogens is 326 g/mol. The van der Waals surface area contributed by atoms with Gasteiger partial charge in [0.05, 0.1) is 0 Å². The molecule has 4 rings (SSSR count). The molecule has 0 bridgehead atoms. The molecule has 3 nitrogen and oxygen atoms in total. The SMILES string of the molecule is CSc1ccc(CN2CCCC2)cc1.Nc1cccc2cnccc12. The predicted molar refractivity (Wildman–Crippen MR) is 109 cm³/mol. The van der Waals surface area contributed by atoms with Crippen LogP contribution in [0, 0.1) is 0 Å². The van der Waals surface area contributed by atoms with Crippen molar-refractivity contribution in [1.29, 1.82) is 0 Å². The molecule has 2 N–H and O–H groups in total. The monoisotopic (exact) mass is 351 g/mol. The number of pyridine rings is 1. The summed E-state index contributed by atoms with van der Waals surface area (Å²) in [7, 11) is 0. The second-order valence-electron chi connectivity index (χ2n) is 6.28. The van der Waals surface area contributed by atoms with Crippen molar-refractivity contribution in [3.8, 4) is 0 Å². The quantitative estimate of drug-likeness (QED) is 0.542. The first kappa shape index (κ1) is 17.8. The minimum absolute atomic E-state index is 0.810. The van der Waals surface area contributed by atoms with Gasteiger partial charge in [-0.15, -0.1) is 11.8 Å². The molecule has 25 heavy (non-hydrogen) atoms. The largest absolute Gasteiger partial charge is 0.398 e. The zero-order valence-corrected chi connectivity index (χ0v) is 15.5. The Morgan fingerprint density at radius 2 is 1.80 bits per heavy atom. The number of nitrogens with two attached hydrogens (primary N) is 1. The van der Waals surface area contributed by atoms with Crippen molar-refractivity contribution in [2.45, 2.75) is 24.3 Å². The lowest BCUT2D eigenvalue weighted by Gasteiger charge is -2.14. The molecule has 0 atom stereocenters. The molecule has 1 fully saturated rings. The highest BCUT2D eigenvalue weighted by atomic mass is 32.2. The number of nitrogen functional groups attached to an aromatic ring is 1. The summed E-state index contributed by atoms with van der Waals surface area (Å²) in [6.07, 6.45) is 8.44. The van der Waals surface area contributed by atoms with Gasteiger partial charge in [0, 0.05) is 40.3 Å². The molecule has 0 saturated carbocycles. The second kappa shape index (κ2) is 8.88. The smallest absolute Gasteiger partial charge is 0.0394 e. The average Bonchev–Trinajstić information content (AvgIpc) is 3.16. The Labute approximate surface area is 154 Å². The number of aromatic nitrogens is 1. The van der Waals surface area contributed by atoms with E-state index in [1.165, 1.54) is 36.4 Å². The third-order valence-corrected chi connectivity index (χ3v) is 5.22. The minimum Gasteiger partial charge on any atom is -0.398 e. The van der Waals surface area contributed by atoms with Gasteiger partial charge < -0.3 is 5.73 Å². The highest BCUT2D eigenvalue weighted by molar-refractivity contribution is 7.98. The number of fused-ring (bicyclic) bond motifs is 1. The molecular formula is C21H25N3S. The first-order chi connectivity index (χ1) is 12.3. The number of likely N-dealkylation sites (tertiary alicyclic amines) is 1. The van der Waals surface area contributed by atoms with Crippen LogP contribution < -0.4 is 5.73 Å². The van der Waals surface area contributed by atoms with Crippen LogP contribution in [0.2, 0.25) is 0 Å². The van der Waals surface area contributed by atoms with Crippen LogP contribution in [0.4, 0.5) is 5.69 Å². The standard InChI is InChI=1S/C12H17NS.C9H8N2/c1-14-12-6-4-11(5-7-12)10-13-8-2-3-9-13;10-9-3-1-2-7-6-11-5-4-8(7)9/h4-7H,2-3,8-10H2,1H3;1-6H,10H2. The van der Waals surface area contributed by atoms with Crippen LogP contribution in [0.25, 0.3) is 10.8 Å². The lowest BCUT2D eigenvalue weighted by Crippen LogP contribution is -2.18. The van der Waals surface area contributed by atoms with Crippen LogP contribution >= 0.6 is 11.8 Å². The van der Waals surface area contributed by atoms with Crippen LogP contribution in [0.15, 0.2) is 65.8 Å². The molecule has 2 aromatic carbocycles. The molecule has 0 amide bonds. The summed E-state index contributed by atoms with van der Waals surface area (Å²) in [6, 6.07) is 16.7. The molecule has 0 radical (unpaired) electrons.